The van der Waals surface area contributed by atoms with Crippen LogP contribution in [0, 0.1) is 6.92 Å². The molecule has 0 aliphatic carbocycles. The number of hydrogen-bond acceptors (Lipinski definition) is 4. The van der Waals surface area contributed by atoms with E-state index in [0.717, 1.165) is 24.1 Å². The first-order valence-corrected chi connectivity index (χ1v) is 8.54. The molecule has 0 aromatic carbocycles. The van der Waals surface area contributed by atoms with Crippen molar-refractivity contribution in [3.8, 4) is 0 Å². The first-order valence-electron chi connectivity index (χ1n) is 7.72. The molecule has 5 nitrogen and oxygen atoms in total. The largest absolute Gasteiger partial charge is 0.481 e. The Morgan fingerprint density at radius 3 is 2.64 bits per heavy atom. The molecule has 2 heterocycles. The van der Waals surface area contributed by atoms with Gasteiger partial charge in [0.05, 0.1) is 11.3 Å². The van der Waals surface area contributed by atoms with Gasteiger partial charge in [-0.2, -0.15) is 0 Å². The summed E-state index contributed by atoms with van der Waals surface area (Å²) in [5, 5.41) is 8.94. The van der Waals surface area contributed by atoms with Crippen molar-refractivity contribution in [2.45, 2.75) is 45.6 Å². The van der Waals surface area contributed by atoms with Crippen molar-refractivity contribution in [1.82, 2.24) is 4.90 Å². The second-order valence-electron chi connectivity index (χ2n) is 5.53. The predicted molar refractivity (Wildman–Crippen MR) is 85.6 cm³/mol. The maximum atomic E-state index is 12.8. The topological polar surface area (TPSA) is 66.8 Å². The predicted octanol–water partition coefficient (Wildman–Crippen LogP) is 2.71. The number of carboxylic acid groups (broad SMARTS) is 1. The van der Waals surface area contributed by atoms with Crippen molar-refractivity contribution < 1.29 is 19.4 Å². The van der Waals surface area contributed by atoms with E-state index in [1.807, 2.05) is 13.0 Å². The van der Waals surface area contributed by atoms with E-state index in [2.05, 4.69) is 6.92 Å². The zero-order chi connectivity index (χ0) is 16.1. The van der Waals surface area contributed by atoms with E-state index < -0.39 is 5.97 Å². The van der Waals surface area contributed by atoms with Crippen LogP contribution in [0.3, 0.4) is 0 Å². The lowest BCUT2D eigenvalue weighted by atomic mass is 10.1. The molecule has 1 aromatic heterocycles. The molecule has 1 aliphatic heterocycles. The van der Waals surface area contributed by atoms with Crippen molar-refractivity contribution >= 4 is 23.2 Å². The minimum absolute atomic E-state index is 0.0198. The van der Waals surface area contributed by atoms with Gasteiger partial charge in [-0.1, -0.05) is 6.92 Å². The summed E-state index contributed by atoms with van der Waals surface area (Å²) in [5.74, 6) is -0.914. The monoisotopic (exact) mass is 325 g/mol. The van der Waals surface area contributed by atoms with Gasteiger partial charge in [0.15, 0.2) is 0 Å². The number of thiophene rings is 1. The van der Waals surface area contributed by atoms with Crippen LogP contribution in [0.4, 0.5) is 0 Å². The molecule has 2 rings (SSSR count). The zero-order valence-electron chi connectivity index (χ0n) is 13.1. The Kier molecular flexibility index (Phi) is 5.97. The van der Waals surface area contributed by atoms with E-state index in [-0.39, 0.29) is 24.9 Å². The van der Waals surface area contributed by atoms with Gasteiger partial charge in [0.1, 0.15) is 0 Å². The Labute approximate surface area is 134 Å². The minimum Gasteiger partial charge on any atom is -0.481 e. The van der Waals surface area contributed by atoms with Gasteiger partial charge >= 0.3 is 5.97 Å². The fourth-order valence-corrected chi connectivity index (χ4v) is 3.85. The number of carbonyl (C=O) groups is 2. The molecule has 0 radical (unpaired) electrons. The fraction of sp³-hybridized carbons (Fsp3) is 0.625. The van der Waals surface area contributed by atoms with Gasteiger partial charge in [-0.05, 0) is 37.8 Å². The minimum atomic E-state index is -0.874. The maximum absolute atomic E-state index is 12.8. The summed E-state index contributed by atoms with van der Waals surface area (Å²) in [5.41, 5.74) is 1.19. The van der Waals surface area contributed by atoms with Gasteiger partial charge in [0.2, 0.25) is 0 Å². The van der Waals surface area contributed by atoms with E-state index in [1.54, 1.807) is 4.90 Å². The Morgan fingerprint density at radius 1 is 1.41 bits per heavy atom. The van der Waals surface area contributed by atoms with Crippen LogP contribution in [0.5, 0.6) is 0 Å². The molecular formula is C16H23NO4S. The number of aryl methyl sites for hydroxylation is 2. The van der Waals surface area contributed by atoms with Crippen LogP contribution in [0.1, 0.15) is 46.3 Å². The van der Waals surface area contributed by atoms with Crippen LogP contribution in [0.2, 0.25) is 0 Å². The van der Waals surface area contributed by atoms with E-state index in [4.69, 9.17) is 9.84 Å². The van der Waals surface area contributed by atoms with Crippen molar-refractivity contribution in [1.29, 1.82) is 0 Å². The lowest BCUT2D eigenvalue weighted by Gasteiger charge is -2.33. The summed E-state index contributed by atoms with van der Waals surface area (Å²) in [4.78, 5) is 27.3. The second kappa shape index (κ2) is 7.74. The summed E-state index contributed by atoms with van der Waals surface area (Å²) in [6.45, 7) is 5.62. The molecule has 0 bridgehead atoms. The van der Waals surface area contributed by atoms with Gasteiger partial charge in [0, 0.05) is 30.7 Å². The molecule has 0 atom stereocenters. The van der Waals surface area contributed by atoms with Crippen LogP contribution >= 0.6 is 11.3 Å². The first kappa shape index (κ1) is 17.0. The fourth-order valence-electron chi connectivity index (χ4n) is 2.78. The van der Waals surface area contributed by atoms with Crippen molar-refractivity contribution in [3.05, 3.63) is 21.4 Å². The number of carboxylic acids is 1. The summed E-state index contributed by atoms with van der Waals surface area (Å²) in [6, 6.07) is 2.03. The van der Waals surface area contributed by atoms with E-state index >= 15 is 0 Å². The number of nitrogens with zero attached hydrogens (tertiary/aromatic N) is 1. The molecule has 0 saturated carbocycles. The Bertz CT molecular complexity index is 534. The van der Waals surface area contributed by atoms with Gasteiger partial charge in [-0.25, -0.2) is 0 Å². The van der Waals surface area contributed by atoms with Gasteiger partial charge in [-0.15, -0.1) is 11.3 Å². The first-order chi connectivity index (χ1) is 10.5. The average molecular weight is 325 g/mol. The molecule has 22 heavy (non-hydrogen) atoms. The third-order valence-electron chi connectivity index (χ3n) is 4.07. The lowest BCUT2D eigenvalue weighted by molar-refractivity contribution is -0.137. The Balaban J connectivity index is 2.17. The second-order valence-corrected chi connectivity index (χ2v) is 6.79. The normalized spacial score (nSPS) is 15.7. The molecule has 1 N–H and O–H groups in total. The average Bonchev–Trinajstić information content (AvgIpc) is 2.89. The highest BCUT2D eigenvalue weighted by molar-refractivity contribution is 7.14. The van der Waals surface area contributed by atoms with Crippen LogP contribution in [-0.2, 0) is 16.0 Å². The number of aliphatic carboxylic acids is 1. The lowest BCUT2D eigenvalue weighted by Crippen LogP contribution is -2.44. The molecule has 122 valence electrons. The summed E-state index contributed by atoms with van der Waals surface area (Å²) >= 11 is 1.50. The smallest absolute Gasteiger partial charge is 0.305 e. The standard InChI is InChI=1S/C16H23NO4S/c1-3-12-10-14(22-11(12)2)16(20)17(7-4-15(18)19)13-5-8-21-9-6-13/h10,13H,3-9H2,1-2H3,(H,18,19). The highest BCUT2D eigenvalue weighted by Gasteiger charge is 2.28. The van der Waals surface area contributed by atoms with E-state index in [9.17, 15) is 9.59 Å². The van der Waals surface area contributed by atoms with Crippen molar-refractivity contribution in [3.63, 3.8) is 0 Å². The highest BCUT2D eigenvalue weighted by atomic mass is 32.1. The summed E-state index contributed by atoms with van der Waals surface area (Å²) < 4.78 is 5.35. The van der Waals surface area contributed by atoms with Crippen molar-refractivity contribution in [2.24, 2.45) is 0 Å². The molecule has 1 aromatic rings. The van der Waals surface area contributed by atoms with E-state index in [0.29, 0.717) is 18.1 Å². The number of ether oxygens (including phenoxy) is 1. The quantitative estimate of drug-likeness (QED) is 0.873. The van der Waals surface area contributed by atoms with Crippen LogP contribution in [0.25, 0.3) is 0 Å². The maximum Gasteiger partial charge on any atom is 0.305 e. The van der Waals surface area contributed by atoms with E-state index in [1.165, 1.54) is 16.9 Å². The molecular weight excluding hydrogens is 302 g/mol. The SMILES string of the molecule is CCc1cc(C(=O)N(CCC(=O)O)C2CCOCC2)sc1C. The number of hydrogen-bond donors (Lipinski definition) is 1. The number of carbonyl (C=O) groups excluding carboxylic acids is 1. The molecule has 1 saturated heterocycles. The molecule has 6 heteroatoms. The molecule has 1 fully saturated rings. The molecule has 1 amide bonds. The van der Waals surface area contributed by atoms with Crippen LogP contribution < -0.4 is 0 Å². The molecule has 1 aliphatic rings. The van der Waals surface area contributed by atoms with Crippen molar-refractivity contribution in [2.75, 3.05) is 19.8 Å². The van der Waals surface area contributed by atoms with Crippen LogP contribution in [-0.4, -0.2) is 47.7 Å². The Hall–Kier alpha value is -1.40. The van der Waals surface area contributed by atoms with Gasteiger partial charge in [0.25, 0.3) is 5.91 Å². The van der Waals surface area contributed by atoms with Gasteiger partial charge < -0.3 is 14.7 Å². The Morgan fingerprint density at radius 2 is 2.09 bits per heavy atom. The summed E-state index contributed by atoms with van der Waals surface area (Å²) in [6.07, 6.45) is 2.43. The molecule has 0 spiro atoms. The highest BCUT2D eigenvalue weighted by Crippen LogP contribution is 2.26. The number of rotatable bonds is 6. The van der Waals surface area contributed by atoms with Crippen LogP contribution in [0.15, 0.2) is 6.07 Å². The third-order valence-corrected chi connectivity index (χ3v) is 5.15. The molecule has 0 unspecified atom stereocenters. The zero-order valence-corrected chi connectivity index (χ0v) is 13.9. The number of amides is 1. The summed E-state index contributed by atoms with van der Waals surface area (Å²) in [7, 11) is 0. The third kappa shape index (κ3) is 4.08. The van der Waals surface area contributed by atoms with Gasteiger partial charge in [-0.3, -0.25) is 9.59 Å².